The minimum atomic E-state index is -0.930. The SMILES string of the molecule is C=C1C[C@]2(O)O[C@]3(C[C@H]2C(C)C)[C@@H](C)CC[C@@H]13. The maximum absolute atomic E-state index is 10.8. The van der Waals surface area contributed by atoms with Gasteiger partial charge in [-0.3, -0.25) is 0 Å². The summed E-state index contributed by atoms with van der Waals surface area (Å²) < 4.78 is 6.25. The second-order valence-electron chi connectivity index (χ2n) is 6.82. The number of rotatable bonds is 1. The Balaban J connectivity index is 2.04. The van der Waals surface area contributed by atoms with Gasteiger partial charge in [0.2, 0.25) is 0 Å². The van der Waals surface area contributed by atoms with E-state index in [1.165, 1.54) is 18.4 Å². The first-order valence-corrected chi connectivity index (χ1v) is 6.99. The molecule has 1 N–H and O–H groups in total. The molecule has 0 amide bonds. The average molecular weight is 236 g/mol. The van der Waals surface area contributed by atoms with Gasteiger partial charge in [0.1, 0.15) is 0 Å². The summed E-state index contributed by atoms with van der Waals surface area (Å²) in [5, 5.41) is 10.8. The molecule has 3 fully saturated rings. The Morgan fingerprint density at radius 1 is 1.41 bits per heavy atom. The van der Waals surface area contributed by atoms with Gasteiger partial charge in [0.05, 0.1) is 5.60 Å². The lowest BCUT2D eigenvalue weighted by Gasteiger charge is -2.43. The average Bonchev–Trinajstić information content (AvgIpc) is 2.65. The second kappa shape index (κ2) is 3.36. The summed E-state index contributed by atoms with van der Waals surface area (Å²) >= 11 is 0. The molecule has 0 unspecified atom stereocenters. The molecule has 0 aromatic rings. The molecule has 2 saturated heterocycles. The first kappa shape index (κ1) is 11.7. The predicted octanol–water partition coefficient (Wildman–Crippen LogP) is 3.11. The largest absolute Gasteiger partial charge is 0.365 e. The third-order valence-corrected chi connectivity index (χ3v) is 5.58. The van der Waals surface area contributed by atoms with Crippen LogP contribution in [0.2, 0.25) is 0 Å². The molecule has 0 aromatic heterocycles. The summed E-state index contributed by atoms with van der Waals surface area (Å²) in [6.07, 6.45) is 4.08. The van der Waals surface area contributed by atoms with Crippen molar-refractivity contribution in [2.75, 3.05) is 0 Å². The molecule has 5 atom stereocenters. The molecule has 17 heavy (non-hydrogen) atoms. The van der Waals surface area contributed by atoms with Crippen LogP contribution in [-0.4, -0.2) is 16.5 Å². The number of fused-ring (bicyclic) bond motifs is 1. The van der Waals surface area contributed by atoms with E-state index in [0.29, 0.717) is 24.2 Å². The highest BCUT2D eigenvalue weighted by Crippen LogP contribution is 2.63. The van der Waals surface area contributed by atoms with E-state index in [1.807, 2.05) is 0 Å². The zero-order valence-corrected chi connectivity index (χ0v) is 11.2. The van der Waals surface area contributed by atoms with Crippen LogP contribution in [0, 0.1) is 23.7 Å². The van der Waals surface area contributed by atoms with Gasteiger partial charge in [-0.1, -0.05) is 32.9 Å². The summed E-state index contributed by atoms with van der Waals surface area (Å²) in [6.45, 7) is 10.9. The van der Waals surface area contributed by atoms with Crippen molar-refractivity contribution in [1.29, 1.82) is 0 Å². The minimum absolute atomic E-state index is 0.0982. The fourth-order valence-corrected chi connectivity index (χ4v) is 4.64. The van der Waals surface area contributed by atoms with Crippen molar-refractivity contribution < 1.29 is 9.84 Å². The third-order valence-electron chi connectivity index (χ3n) is 5.58. The predicted molar refractivity (Wildman–Crippen MR) is 67.4 cm³/mol. The minimum Gasteiger partial charge on any atom is -0.365 e. The molecule has 3 rings (SSSR count). The van der Waals surface area contributed by atoms with E-state index in [2.05, 4.69) is 27.4 Å². The molecule has 2 nitrogen and oxygen atoms in total. The van der Waals surface area contributed by atoms with Crippen LogP contribution in [0.4, 0.5) is 0 Å². The Bertz CT molecular complexity index is 362. The van der Waals surface area contributed by atoms with Crippen LogP contribution in [0.15, 0.2) is 12.2 Å². The fourth-order valence-electron chi connectivity index (χ4n) is 4.64. The van der Waals surface area contributed by atoms with Gasteiger partial charge in [-0.25, -0.2) is 0 Å². The van der Waals surface area contributed by atoms with E-state index in [0.717, 1.165) is 6.42 Å². The van der Waals surface area contributed by atoms with Crippen molar-refractivity contribution in [3.63, 3.8) is 0 Å². The zero-order chi connectivity index (χ0) is 12.4. The lowest BCUT2D eigenvalue weighted by atomic mass is 9.77. The first-order chi connectivity index (χ1) is 7.89. The fraction of sp³-hybridized carbons (Fsp3) is 0.867. The summed E-state index contributed by atoms with van der Waals surface area (Å²) in [6, 6.07) is 0. The van der Waals surface area contributed by atoms with Gasteiger partial charge in [0, 0.05) is 18.3 Å². The lowest BCUT2D eigenvalue weighted by Crippen LogP contribution is -2.48. The van der Waals surface area contributed by atoms with Gasteiger partial charge in [0.15, 0.2) is 5.79 Å². The molecule has 3 aliphatic rings. The van der Waals surface area contributed by atoms with Crippen molar-refractivity contribution in [2.24, 2.45) is 23.7 Å². The van der Waals surface area contributed by atoms with Crippen LogP contribution in [0.5, 0.6) is 0 Å². The third kappa shape index (κ3) is 1.34. The standard InChI is InChI=1S/C15H24O2/c1-9(2)13-8-14-11(4)5-6-12(14)10(3)7-15(13,16)17-14/h9,11-13,16H,3,5-8H2,1-2,4H3/t11-,12-,13-,14+,15-/m0/s1. The van der Waals surface area contributed by atoms with Crippen LogP contribution >= 0.6 is 0 Å². The lowest BCUT2D eigenvalue weighted by molar-refractivity contribution is -0.269. The highest BCUT2D eigenvalue weighted by molar-refractivity contribution is 5.24. The molecule has 0 aromatic carbocycles. The number of aliphatic hydroxyl groups is 1. The van der Waals surface area contributed by atoms with E-state index < -0.39 is 5.79 Å². The van der Waals surface area contributed by atoms with Crippen LogP contribution in [0.1, 0.15) is 46.5 Å². The van der Waals surface area contributed by atoms with Gasteiger partial charge in [-0.15, -0.1) is 0 Å². The topological polar surface area (TPSA) is 29.5 Å². The smallest absolute Gasteiger partial charge is 0.173 e. The molecular formula is C15H24O2. The maximum atomic E-state index is 10.8. The van der Waals surface area contributed by atoms with Crippen molar-refractivity contribution >= 4 is 0 Å². The Morgan fingerprint density at radius 3 is 2.76 bits per heavy atom. The molecular weight excluding hydrogens is 212 g/mol. The van der Waals surface area contributed by atoms with Gasteiger partial charge < -0.3 is 9.84 Å². The summed E-state index contributed by atoms with van der Waals surface area (Å²) in [5.74, 6) is 0.852. The number of hydrogen-bond donors (Lipinski definition) is 1. The summed E-state index contributed by atoms with van der Waals surface area (Å²) in [4.78, 5) is 0. The molecule has 2 bridgehead atoms. The summed E-state index contributed by atoms with van der Waals surface area (Å²) in [7, 11) is 0. The Hall–Kier alpha value is -0.340. The molecule has 2 heterocycles. The van der Waals surface area contributed by atoms with Gasteiger partial charge in [-0.2, -0.15) is 0 Å². The van der Waals surface area contributed by atoms with Crippen LogP contribution in [-0.2, 0) is 4.74 Å². The van der Waals surface area contributed by atoms with Crippen molar-refractivity contribution in [3.05, 3.63) is 12.2 Å². The van der Waals surface area contributed by atoms with E-state index >= 15 is 0 Å². The quantitative estimate of drug-likeness (QED) is 0.709. The van der Waals surface area contributed by atoms with Crippen molar-refractivity contribution in [2.45, 2.75) is 57.8 Å². The molecule has 1 spiro atoms. The molecule has 2 aliphatic heterocycles. The Labute approximate surface area is 104 Å². The first-order valence-electron chi connectivity index (χ1n) is 6.99. The molecule has 0 radical (unpaired) electrons. The molecule has 1 saturated carbocycles. The number of hydrogen-bond acceptors (Lipinski definition) is 2. The van der Waals surface area contributed by atoms with Crippen LogP contribution < -0.4 is 0 Å². The van der Waals surface area contributed by atoms with E-state index in [4.69, 9.17) is 4.74 Å². The van der Waals surface area contributed by atoms with Crippen LogP contribution in [0.25, 0.3) is 0 Å². The highest BCUT2D eigenvalue weighted by atomic mass is 16.6. The van der Waals surface area contributed by atoms with Crippen molar-refractivity contribution in [3.8, 4) is 0 Å². The second-order valence-corrected chi connectivity index (χ2v) is 6.82. The van der Waals surface area contributed by atoms with Gasteiger partial charge in [-0.05, 0) is 31.1 Å². The van der Waals surface area contributed by atoms with E-state index in [-0.39, 0.29) is 11.5 Å². The Morgan fingerprint density at radius 2 is 2.12 bits per heavy atom. The van der Waals surface area contributed by atoms with E-state index in [9.17, 15) is 5.11 Å². The molecule has 1 aliphatic carbocycles. The van der Waals surface area contributed by atoms with Gasteiger partial charge in [0.25, 0.3) is 0 Å². The monoisotopic (exact) mass is 236 g/mol. The van der Waals surface area contributed by atoms with E-state index in [1.54, 1.807) is 0 Å². The van der Waals surface area contributed by atoms with Gasteiger partial charge >= 0.3 is 0 Å². The molecule has 2 heteroatoms. The highest BCUT2D eigenvalue weighted by Gasteiger charge is 2.66. The normalized spacial score (nSPS) is 53.2. The molecule has 96 valence electrons. The van der Waals surface area contributed by atoms with Crippen molar-refractivity contribution in [1.82, 2.24) is 0 Å². The zero-order valence-electron chi connectivity index (χ0n) is 11.2. The van der Waals surface area contributed by atoms with Crippen LogP contribution in [0.3, 0.4) is 0 Å². The Kier molecular flexibility index (Phi) is 2.32. The summed E-state index contributed by atoms with van der Waals surface area (Å²) in [5.41, 5.74) is 1.13. The number of ether oxygens (including phenoxy) is 1. The maximum Gasteiger partial charge on any atom is 0.173 e.